The fraction of sp³-hybridized carbons (Fsp3) is 0.269. The first-order valence-electron chi connectivity index (χ1n) is 12.1. The van der Waals surface area contributed by atoms with Crippen molar-refractivity contribution in [2.45, 2.75) is 24.7 Å². The van der Waals surface area contributed by atoms with Crippen molar-refractivity contribution in [2.75, 3.05) is 25.0 Å². The van der Waals surface area contributed by atoms with E-state index in [0.29, 0.717) is 5.39 Å². The average molecular weight is 581 g/mol. The molecule has 0 spiro atoms. The highest BCUT2D eigenvalue weighted by molar-refractivity contribution is 5.92. The van der Waals surface area contributed by atoms with Crippen molar-refractivity contribution < 1.29 is 36.2 Å². The summed E-state index contributed by atoms with van der Waals surface area (Å²) in [5.74, 6) is -0.386. The minimum Gasteiger partial charge on any atom is -0.406 e. The van der Waals surface area contributed by atoms with Gasteiger partial charge in [0.05, 0.1) is 11.1 Å². The molecule has 9 nitrogen and oxygen atoms in total. The monoisotopic (exact) mass is 581 g/mol. The molecule has 0 atom stereocenters. The summed E-state index contributed by atoms with van der Waals surface area (Å²) < 4.78 is 82.3. The lowest BCUT2D eigenvalue weighted by Gasteiger charge is -2.47. The third kappa shape index (κ3) is 5.76. The molecule has 0 bridgehead atoms. The predicted molar refractivity (Wildman–Crippen MR) is 135 cm³/mol. The van der Waals surface area contributed by atoms with Gasteiger partial charge in [-0.1, -0.05) is 18.2 Å². The molecule has 216 valence electrons. The van der Waals surface area contributed by atoms with Gasteiger partial charge in [0, 0.05) is 37.8 Å². The summed E-state index contributed by atoms with van der Waals surface area (Å²) >= 11 is 0. The molecule has 2 aromatic carbocycles. The first-order valence-corrected chi connectivity index (χ1v) is 12.1. The Labute approximate surface area is 226 Å². The van der Waals surface area contributed by atoms with Crippen LogP contribution in [0.5, 0.6) is 5.75 Å². The first kappa shape index (κ1) is 28.2. The van der Waals surface area contributed by atoms with E-state index >= 15 is 0 Å². The molecule has 1 fully saturated rings. The zero-order valence-electron chi connectivity index (χ0n) is 20.9. The van der Waals surface area contributed by atoms with Gasteiger partial charge in [-0.2, -0.15) is 17.9 Å². The topological polar surface area (TPSA) is 102 Å². The van der Waals surface area contributed by atoms with E-state index in [0.717, 1.165) is 16.8 Å². The predicted octanol–water partition coefficient (Wildman–Crippen LogP) is 3.80. The van der Waals surface area contributed by atoms with Crippen LogP contribution in [0.1, 0.15) is 0 Å². The molecule has 5 rings (SSSR count). The molecule has 3 heterocycles. The number of anilines is 2. The van der Waals surface area contributed by atoms with Crippen molar-refractivity contribution in [3.63, 3.8) is 0 Å². The number of hydrogen-bond donors (Lipinski definition) is 2. The number of aromatic nitrogens is 3. The molecular weight excluding hydrogens is 560 g/mol. The summed E-state index contributed by atoms with van der Waals surface area (Å²) in [6.45, 7) is -1.06. The maximum Gasteiger partial charge on any atom is 0.573 e. The molecule has 4 aromatic rings. The largest absolute Gasteiger partial charge is 0.573 e. The highest BCUT2D eigenvalue weighted by Gasteiger charge is 2.60. The van der Waals surface area contributed by atoms with Crippen LogP contribution in [0, 0.1) is 0 Å². The van der Waals surface area contributed by atoms with E-state index in [1.165, 1.54) is 39.9 Å². The number of benzene rings is 2. The standard InChI is InChI=1S/C26H21F6N5O4/c27-25(28,29)24(40)14-35(15-24)12-13-36-11-3-6-20(23(36)39)33-21-18-4-1-2-5-19(18)22(38)37(34-21)16-7-9-17(10-8-16)41-26(30,31)32/h1-11,40H,12-15H2,(H,33,34). The molecule has 1 saturated heterocycles. The normalized spacial score (nSPS) is 15.5. The third-order valence-corrected chi connectivity index (χ3v) is 6.55. The van der Waals surface area contributed by atoms with E-state index in [4.69, 9.17) is 0 Å². The SMILES string of the molecule is O=c1c(Nc2nn(-c3ccc(OC(F)(F)F)cc3)c(=O)c3ccccc23)cccn1CCN1CC(O)(C(F)(F)F)C1. The summed E-state index contributed by atoms with van der Waals surface area (Å²) in [7, 11) is 0. The molecule has 0 aliphatic carbocycles. The quantitative estimate of drug-likeness (QED) is 0.320. The van der Waals surface area contributed by atoms with Crippen LogP contribution in [0.3, 0.4) is 0 Å². The molecule has 0 radical (unpaired) electrons. The molecule has 0 unspecified atom stereocenters. The van der Waals surface area contributed by atoms with Crippen LogP contribution in [0.4, 0.5) is 37.8 Å². The number of likely N-dealkylation sites (tertiary alicyclic amines) is 1. The van der Waals surface area contributed by atoms with Crippen molar-refractivity contribution in [2.24, 2.45) is 0 Å². The van der Waals surface area contributed by atoms with E-state index in [-0.39, 0.29) is 35.7 Å². The van der Waals surface area contributed by atoms with E-state index < -0.39 is 48.1 Å². The molecule has 0 amide bonds. The second kappa shape index (κ2) is 10.2. The Hall–Kier alpha value is -4.37. The van der Waals surface area contributed by atoms with Gasteiger partial charge in [-0.05, 0) is 42.5 Å². The molecule has 2 aromatic heterocycles. The van der Waals surface area contributed by atoms with Crippen LogP contribution in [-0.2, 0) is 6.54 Å². The van der Waals surface area contributed by atoms with Crippen molar-refractivity contribution in [1.29, 1.82) is 0 Å². The van der Waals surface area contributed by atoms with Crippen molar-refractivity contribution >= 4 is 22.3 Å². The minimum atomic E-state index is -4.89. The van der Waals surface area contributed by atoms with Gasteiger partial charge in [-0.25, -0.2) is 0 Å². The van der Waals surface area contributed by atoms with Crippen LogP contribution >= 0.6 is 0 Å². The van der Waals surface area contributed by atoms with Crippen LogP contribution < -0.4 is 21.2 Å². The van der Waals surface area contributed by atoms with Crippen molar-refractivity contribution in [3.8, 4) is 11.4 Å². The van der Waals surface area contributed by atoms with Gasteiger partial charge in [0.15, 0.2) is 11.4 Å². The van der Waals surface area contributed by atoms with Crippen LogP contribution in [0.2, 0.25) is 0 Å². The number of β-amino-alcohol motifs (C(OH)–C–C–N with tert-alkyl or cyclic N) is 1. The van der Waals surface area contributed by atoms with E-state index in [1.54, 1.807) is 24.3 Å². The van der Waals surface area contributed by atoms with Gasteiger partial charge in [-0.15, -0.1) is 18.3 Å². The smallest absolute Gasteiger partial charge is 0.406 e. The summed E-state index contributed by atoms with van der Waals surface area (Å²) in [5, 5.41) is 17.4. The van der Waals surface area contributed by atoms with Gasteiger partial charge in [-0.3, -0.25) is 14.5 Å². The van der Waals surface area contributed by atoms with Gasteiger partial charge in [0.25, 0.3) is 11.1 Å². The molecule has 15 heteroatoms. The second-order valence-corrected chi connectivity index (χ2v) is 9.44. The fourth-order valence-electron chi connectivity index (χ4n) is 4.46. The number of alkyl halides is 6. The third-order valence-electron chi connectivity index (χ3n) is 6.55. The van der Waals surface area contributed by atoms with Crippen molar-refractivity contribution in [1.82, 2.24) is 19.2 Å². The summed E-state index contributed by atoms with van der Waals surface area (Å²) in [6.07, 6.45) is -8.17. The highest BCUT2D eigenvalue weighted by Crippen LogP contribution is 2.37. The van der Waals surface area contributed by atoms with Crippen LogP contribution in [0.25, 0.3) is 16.5 Å². The highest BCUT2D eigenvalue weighted by atomic mass is 19.4. The number of nitrogens with zero attached hydrogens (tertiary/aromatic N) is 4. The van der Waals surface area contributed by atoms with E-state index in [2.05, 4.69) is 15.2 Å². The summed E-state index contributed by atoms with van der Waals surface area (Å²) in [4.78, 5) is 27.7. The number of rotatable bonds is 7. The summed E-state index contributed by atoms with van der Waals surface area (Å²) in [6, 6.07) is 13.9. The molecular formula is C26H21F6N5O4. The Kier molecular flexibility index (Phi) is 7.03. The Morgan fingerprint density at radius 3 is 2.17 bits per heavy atom. The first-order chi connectivity index (χ1) is 19.2. The Morgan fingerprint density at radius 1 is 0.878 bits per heavy atom. The molecule has 1 aliphatic rings. The molecule has 1 aliphatic heterocycles. The van der Waals surface area contributed by atoms with Crippen LogP contribution in [-0.4, -0.2) is 62.1 Å². The van der Waals surface area contributed by atoms with Crippen LogP contribution in [0.15, 0.2) is 76.4 Å². The number of fused-ring (bicyclic) bond motifs is 1. The number of nitrogens with one attached hydrogen (secondary N) is 1. The van der Waals surface area contributed by atoms with Gasteiger partial charge in [0.2, 0.25) is 0 Å². The van der Waals surface area contributed by atoms with Gasteiger partial charge in [0.1, 0.15) is 11.4 Å². The maximum absolute atomic E-state index is 13.2. The van der Waals surface area contributed by atoms with Crippen molar-refractivity contribution in [3.05, 3.63) is 87.6 Å². The van der Waals surface area contributed by atoms with E-state index in [9.17, 15) is 41.0 Å². The lowest BCUT2D eigenvalue weighted by atomic mass is 9.93. The molecule has 2 N–H and O–H groups in total. The number of ether oxygens (including phenoxy) is 1. The average Bonchev–Trinajstić information content (AvgIpc) is 2.88. The Bertz CT molecular complexity index is 1690. The lowest BCUT2D eigenvalue weighted by Crippen LogP contribution is -2.69. The lowest BCUT2D eigenvalue weighted by molar-refractivity contribution is -0.301. The maximum atomic E-state index is 13.2. The summed E-state index contributed by atoms with van der Waals surface area (Å²) in [5.41, 5.74) is -3.65. The number of hydrogen-bond acceptors (Lipinski definition) is 7. The molecule has 0 saturated carbocycles. The zero-order valence-corrected chi connectivity index (χ0v) is 20.9. The molecule has 41 heavy (non-hydrogen) atoms. The van der Waals surface area contributed by atoms with E-state index in [1.807, 2.05) is 0 Å². The number of aliphatic hydroxyl groups is 1. The Morgan fingerprint density at radius 2 is 1.54 bits per heavy atom. The number of pyridine rings is 1. The fourth-order valence-corrected chi connectivity index (χ4v) is 4.46. The zero-order chi connectivity index (χ0) is 29.6. The second-order valence-electron chi connectivity index (χ2n) is 9.44. The minimum absolute atomic E-state index is 0.0440. The Balaban J connectivity index is 1.41. The van der Waals surface area contributed by atoms with Gasteiger partial charge >= 0.3 is 12.5 Å². The number of halogens is 6. The van der Waals surface area contributed by atoms with Gasteiger partial charge < -0.3 is 19.7 Å².